The van der Waals surface area contributed by atoms with Crippen LogP contribution in [0.2, 0.25) is 0 Å². The van der Waals surface area contributed by atoms with Gasteiger partial charge in [0.05, 0.1) is 13.2 Å². The fraction of sp³-hybridized carbons (Fsp3) is 0.294. The number of aromatic amines is 1. The Kier molecular flexibility index (Phi) is 4.50. The van der Waals surface area contributed by atoms with Crippen LogP contribution >= 0.6 is 0 Å². The summed E-state index contributed by atoms with van der Waals surface area (Å²) in [6.45, 7) is 4.19. The van der Waals surface area contributed by atoms with E-state index in [1.54, 1.807) is 0 Å². The number of fused-ring (bicyclic) bond motifs is 3. The minimum atomic E-state index is 0.261. The summed E-state index contributed by atoms with van der Waals surface area (Å²) >= 11 is 0. The number of quaternary nitrogens is 2. The predicted octanol–water partition coefficient (Wildman–Crippen LogP) is -0.0598. The van der Waals surface area contributed by atoms with Gasteiger partial charge in [-0.25, -0.2) is 0 Å². The van der Waals surface area contributed by atoms with E-state index in [-0.39, 0.29) is 6.61 Å². The quantitative estimate of drug-likeness (QED) is 0.451. The van der Waals surface area contributed by atoms with E-state index in [9.17, 15) is 0 Å². The van der Waals surface area contributed by atoms with Crippen LogP contribution < -0.4 is 10.6 Å². The van der Waals surface area contributed by atoms with Gasteiger partial charge >= 0.3 is 0 Å². The van der Waals surface area contributed by atoms with Gasteiger partial charge in [-0.15, -0.1) is 0 Å². The number of aliphatic hydroxyl groups excluding tert-OH is 1. The fourth-order valence-corrected chi connectivity index (χ4v) is 2.76. The summed E-state index contributed by atoms with van der Waals surface area (Å²) in [7, 11) is 0. The second kappa shape index (κ2) is 6.72. The predicted molar refractivity (Wildman–Crippen MR) is 85.0 cm³/mol. The molecule has 0 aliphatic carbocycles. The van der Waals surface area contributed by atoms with E-state index in [2.05, 4.69) is 58.1 Å². The summed E-state index contributed by atoms with van der Waals surface area (Å²) in [5, 5.41) is 15.8. The van der Waals surface area contributed by atoms with E-state index in [1.807, 2.05) is 0 Å². The second-order valence-electron chi connectivity index (χ2n) is 5.42. The number of nitrogens with two attached hydrogens (primary N) is 2. The third-order valence-electron chi connectivity index (χ3n) is 3.86. The molecule has 0 atom stereocenters. The molecular formula is C17H23N3O+2. The molecule has 1 aromatic heterocycles. The van der Waals surface area contributed by atoms with Gasteiger partial charge in [0.15, 0.2) is 0 Å². The van der Waals surface area contributed by atoms with E-state index in [1.165, 1.54) is 27.4 Å². The highest BCUT2D eigenvalue weighted by Gasteiger charge is 2.05. The molecule has 0 aliphatic rings. The SMILES string of the molecule is OCC[NH2+]CC[NH2+]Cc1ccc2[nH]c3ccccc3c2c1. The molecular weight excluding hydrogens is 262 g/mol. The molecule has 1 heterocycles. The molecule has 0 radical (unpaired) electrons. The Hall–Kier alpha value is -1.88. The molecule has 0 saturated carbocycles. The smallest absolute Gasteiger partial charge is 0.125 e. The first kappa shape index (κ1) is 14.1. The number of para-hydroxylation sites is 1. The van der Waals surface area contributed by atoms with Crippen molar-refractivity contribution in [3.63, 3.8) is 0 Å². The van der Waals surface area contributed by atoms with E-state index < -0.39 is 0 Å². The molecule has 6 N–H and O–H groups in total. The highest BCUT2D eigenvalue weighted by molar-refractivity contribution is 6.07. The fourth-order valence-electron chi connectivity index (χ4n) is 2.76. The zero-order chi connectivity index (χ0) is 14.5. The average molecular weight is 285 g/mol. The Morgan fingerprint density at radius 2 is 1.67 bits per heavy atom. The summed E-state index contributed by atoms with van der Waals surface area (Å²) < 4.78 is 0. The third-order valence-corrected chi connectivity index (χ3v) is 3.86. The molecule has 0 spiro atoms. The summed E-state index contributed by atoms with van der Waals surface area (Å²) in [5.41, 5.74) is 3.76. The van der Waals surface area contributed by atoms with Crippen molar-refractivity contribution in [2.75, 3.05) is 26.2 Å². The Labute approximate surface area is 124 Å². The van der Waals surface area contributed by atoms with Crippen molar-refractivity contribution in [1.82, 2.24) is 4.98 Å². The van der Waals surface area contributed by atoms with Crippen molar-refractivity contribution in [3.8, 4) is 0 Å². The van der Waals surface area contributed by atoms with Crippen molar-refractivity contribution in [1.29, 1.82) is 0 Å². The van der Waals surface area contributed by atoms with Gasteiger partial charge in [0.2, 0.25) is 0 Å². The van der Waals surface area contributed by atoms with E-state index in [0.29, 0.717) is 0 Å². The topological polar surface area (TPSA) is 69.2 Å². The van der Waals surface area contributed by atoms with Gasteiger partial charge in [-0.2, -0.15) is 0 Å². The van der Waals surface area contributed by atoms with Gasteiger partial charge < -0.3 is 20.7 Å². The highest BCUT2D eigenvalue weighted by Crippen LogP contribution is 2.25. The first-order valence-corrected chi connectivity index (χ1v) is 7.62. The second-order valence-corrected chi connectivity index (χ2v) is 5.42. The maximum Gasteiger partial charge on any atom is 0.125 e. The molecule has 4 heteroatoms. The molecule has 0 aliphatic heterocycles. The lowest BCUT2D eigenvalue weighted by Gasteiger charge is -2.02. The Morgan fingerprint density at radius 1 is 0.857 bits per heavy atom. The van der Waals surface area contributed by atoms with Crippen LogP contribution in [0.3, 0.4) is 0 Å². The molecule has 4 nitrogen and oxygen atoms in total. The number of hydrogen-bond acceptors (Lipinski definition) is 1. The summed E-state index contributed by atoms with van der Waals surface area (Å²) in [4.78, 5) is 3.46. The lowest BCUT2D eigenvalue weighted by Crippen LogP contribution is -2.94. The van der Waals surface area contributed by atoms with E-state index >= 15 is 0 Å². The summed E-state index contributed by atoms with van der Waals surface area (Å²) in [6.07, 6.45) is 0. The van der Waals surface area contributed by atoms with E-state index in [4.69, 9.17) is 5.11 Å². The van der Waals surface area contributed by atoms with Crippen LogP contribution in [0.25, 0.3) is 21.8 Å². The molecule has 3 rings (SSSR count). The van der Waals surface area contributed by atoms with Crippen molar-refractivity contribution in [3.05, 3.63) is 48.0 Å². The van der Waals surface area contributed by atoms with Crippen LogP contribution in [-0.2, 0) is 6.54 Å². The summed E-state index contributed by atoms with van der Waals surface area (Å²) in [6, 6.07) is 15.1. The normalized spacial score (nSPS) is 11.5. The number of nitrogens with one attached hydrogen (secondary N) is 1. The van der Waals surface area contributed by atoms with Crippen LogP contribution in [0.4, 0.5) is 0 Å². The minimum absolute atomic E-state index is 0.261. The number of rotatable bonds is 7. The Morgan fingerprint density at radius 3 is 2.57 bits per heavy atom. The number of hydrogen-bond donors (Lipinski definition) is 4. The molecule has 0 saturated heterocycles. The summed E-state index contributed by atoms with van der Waals surface area (Å²) in [5.74, 6) is 0. The van der Waals surface area contributed by atoms with E-state index in [0.717, 1.165) is 26.2 Å². The molecule has 0 amide bonds. The number of H-pyrrole nitrogens is 1. The number of aromatic nitrogens is 1. The van der Waals surface area contributed by atoms with Crippen LogP contribution in [0.5, 0.6) is 0 Å². The third kappa shape index (κ3) is 3.24. The molecule has 0 unspecified atom stereocenters. The van der Waals surface area contributed by atoms with Gasteiger partial charge in [0.25, 0.3) is 0 Å². The number of benzene rings is 2. The van der Waals surface area contributed by atoms with Gasteiger partial charge in [-0.3, -0.25) is 0 Å². The first-order chi connectivity index (χ1) is 10.4. The van der Waals surface area contributed by atoms with Crippen LogP contribution in [0.15, 0.2) is 42.5 Å². The van der Waals surface area contributed by atoms with Crippen LogP contribution in [0.1, 0.15) is 5.56 Å². The standard InChI is InChI=1S/C17H21N3O/c21-10-9-18-7-8-19-12-13-5-6-17-15(11-13)14-3-1-2-4-16(14)20-17/h1-6,11,18-21H,7-10,12H2/p+2. The maximum atomic E-state index is 8.72. The van der Waals surface area contributed by atoms with Gasteiger partial charge in [0.1, 0.15) is 19.6 Å². The minimum Gasteiger partial charge on any atom is -0.391 e. The van der Waals surface area contributed by atoms with Crippen LogP contribution in [0, 0.1) is 0 Å². The number of aliphatic hydroxyl groups is 1. The Bertz CT molecular complexity index is 720. The maximum absolute atomic E-state index is 8.72. The zero-order valence-electron chi connectivity index (χ0n) is 12.2. The monoisotopic (exact) mass is 285 g/mol. The van der Waals surface area contributed by atoms with Crippen molar-refractivity contribution < 1.29 is 15.7 Å². The largest absolute Gasteiger partial charge is 0.391 e. The molecule has 0 bridgehead atoms. The first-order valence-electron chi connectivity index (χ1n) is 7.62. The highest BCUT2D eigenvalue weighted by atomic mass is 16.3. The molecule has 2 aromatic carbocycles. The van der Waals surface area contributed by atoms with Crippen LogP contribution in [-0.4, -0.2) is 36.3 Å². The van der Waals surface area contributed by atoms with Crippen molar-refractivity contribution in [2.45, 2.75) is 6.54 Å². The zero-order valence-corrected chi connectivity index (χ0v) is 12.2. The van der Waals surface area contributed by atoms with Crippen molar-refractivity contribution >= 4 is 21.8 Å². The van der Waals surface area contributed by atoms with Gasteiger partial charge in [-0.1, -0.05) is 24.3 Å². The molecule has 0 fully saturated rings. The average Bonchev–Trinajstić information content (AvgIpc) is 2.89. The Balaban J connectivity index is 1.68. The molecule has 3 aromatic rings. The van der Waals surface area contributed by atoms with Gasteiger partial charge in [-0.05, 0) is 18.2 Å². The lowest BCUT2D eigenvalue weighted by molar-refractivity contribution is -0.731. The molecule has 21 heavy (non-hydrogen) atoms. The van der Waals surface area contributed by atoms with Crippen molar-refractivity contribution in [2.24, 2.45) is 0 Å². The van der Waals surface area contributed by atoms with Gasteiger partial charge in [0, 0.05) is 27.4 Å². The molecule has 110 valence electrons. The lowest BCUT2D eigenvalue weighted by atomic mass is 10.1.